The Morgan fingerprint density at radius 1 is 1.30 bits per heavy atom. The molecule has 0 aliphatic heterocycles. The van der Waals surface area contributed by atoms with Crippen molar-refractivity contribution in [2.24, 2.45) is 11.1 Å². The summed E-state index contributed by atoms with van der Waals surface area (Å²) in [6.45, 7) is 6.19. The van der Waals surface area contributed by atoms with Gasteiger partial charge in [-0.05, 0) is 17.0 Å². The van der Waals surface area contributed by atoms with Crippen molar-refractivity contribution in [1.29, 1.82) is 0 Å². The van der Waals surface area contributed by atoms with Crippen molar-refractivity contribution in [3.05, 3.63) is 47.4 Å². The van der Waals surface area contributed by atoms with E-state index in [9.17, 15) is 4.39 Å². The average molecular weight is 277 g/mol. The lowest BCUT2D eigenvalue weighted by molar-refractivity contribution is 0.285. The maximum Gasteiger partial charge on any atom is 0.228 e. The monoisotopic (exact) mass is 277 g/mol. The zero-order valence-corrected chi connectivity index (χ0v) is 12.1. The van der Waals surface area contributed by atoms with Crippen LogP contribution in [0.1, 0.15) is 38.0 Å². The van der Waals surface area contributed by atoms with E-state index in [1.165, 1.54) is 6.07 Å². The molecule has 0 amide bonds. The molecule has 2 N–H and O–H groups in total. The number of hydrogen-bond acceptors (Lipinski definition) is 4. The maximum atomic E-state index is 13.5. The van der Waals surface area contributed by atoms with Crippen LogP contribution in [-0.2, 0) is 12.8 Å². The quantitative estimate of drug-likeness (QED) is 0.933. The second-order valence-corrected chi connectivity index (χ2v) is 6.05. The molecule has 20 heavy (non-hydrogen) atoms. The lowest BCUT2D eigenvalue weighted by atomic mass is 9.85. The van der Waals surface area contributed by atoms with Gasteiger partial charge in [-0.2, -0.15) is 4.98 Å². The van der Waals surface area contributed by atoms with Crippen molar-refractivity contribution in [2.45, 2.75) is 39.7 Å². The summed E-state index contributed by atoms with van der Waals surface area (Å²) in [7, 11) is 0. The Bertz CT molecular complexity index is 574. The fourth-order valence-electron chi connectivity index (χ4n) is 1.75. The lowest BCUT2D eigenvalue weighted by Crippen LogP contribution is -2.37. The van der Waals surface area contributed by atoms with Crippen molar-refractivity contribution in [3.8, 4) is 0 Å². The summed E-state index contributed by atoms with van der Waals surface area (Å²) < 4.78 is 18.7. The van der Waals surface area contributed by atoms with Gasteiger partial charge < -0.3 is 10.3 Å². The number of hydrogen-bond donors (Lipinski definition) is 1. The fraction of sp³-hybridized carbons (Fsp3) is 0.467. The van der Waals surface area contributed by atoms with Crippen LogP contribution in [0.5, 0.6) is 0 Å². The Morgan fingerprint density at radius 3 is 2.65 bits per heavy atom. The molecule has 108 valence electrons. The van der Waals surface area contributed by atoms with Crippen LogP contribution in [0.25, 0.3) is 0 Å². The minimum absolute atomic E-state index is 0.0276. The largest absolute Gasteiger partial charge is 0.339 e. The highest BCUT2D eigenvalue weighted by Gasteiger charge is 2.23. The minimum atomic E-state index is -0.259. The highest BCUT2D eigenvalue weighted by Crippen LogP contribution is 2.20. The van der Waals surface area contributed by atoms with Gasteiger partial charge in [0.2, 0.25) is 5.89 Å². The Kier molecular flexibility index (Phi) is 4.18. The van der Waals surface area contributed by atoms with Gasteiger partial charge in [-0.1, -0.05) is 44.1 Å². The summed E-state index contributed by atoms with van der Waals surface area (Å²) in [4.78, 5) is 4.28. The number of rotatable bonds is 4. The van der Waals surface area contributed by atoms with E-state index in [0.29, 0.717) is 30.1 Å². The van der Waals surface area contributed by atoms with Gasteiger partial charge in [-0.25, -0.2) is 4.39 Å². The molecule has 4 nitrogen and oxygen atoms in total. The molecular formula is C15H20FN3O. The van der Waals surface area contributed by atoms with E-state index >= 15 is 0 Å². The number of nitrogens with zero attached hydrogens (tertiary/aromatic N) is 2. The number of benzene rings is 1. The Morgan fingerprint density at radius 2 is 2.00 bits per heavy atom. The molecule has 5 heteroatoms. The summed E-state index contributed by atoms with van der Waals surface area (Å²) in [5.74, 6) is 0.718. The third kappa shape index (κ3) is 3.63. The van der Waals surface area contributed by atoms with Crippen molar-refractivity contribution in [3.63, 3.8) is 0 Å². The standard InChI is InChI=1S/C15H20FN3O/c1-15(2,3)12(17)9-14-18-13(19-20-14)8-10-6-4-5-7-11(10)16/h4-7,12H,8-9,17H2,1-3H3. The fourth-order valence-corrected chi connectivity index (χ4v) is 1.75. The van der Waals surface area contributed by atoms with Gasteiger partial charge in [-0.3, -0.25) is 0 Å². The highest BCUT2D eigenvalue weighted by atomic mass is 19.1. The molecule has 0 radical (unpaired) electrons. The van der Waals surface area contributed by atoms with E-state index in [2.05, 4.69) is 30.9 Å². The van der Waals surface area contributed by atoms with Crippen LogP contribution in [0.15, 0.2) is 28.8 Å². The van der Waals surface area contributed by atoms with Crippen LogP contribution in [0.2, 0.25) is 0 Å². The first-order valence-corrected chi connectivity index (χ1v) is 6.66. The van der Waals surface area contributed by atoms with Crippen LogP contribution in [0, 0.1) is 11.2 Å². The first-order chi connectivity index (χ1) is 9.36. The van der Waals surface area contributed by atoms with Crippen molar-refractivity contribution < 1.29 is 8.91 Å². The van der Waals surface area contributed by atoms with Gasteiger partial charge in [0.1, 0.15) is 5.82 Å². The van der Waals surface area contributed by atoms with Gasteiger partial charge in [0.25, 0.3) is 0 Å². The van der Waals surface area contributed by atoms with Crippen LogP contribution in [-0.4, -0.2) is 16.2 Å². The van der Waals surface area contributed by atoms with Gasteiger partial charge in [-0.15, -0.1) is 0 Å². The first-order valence-electron chi connectivity index (χ1n) is 6.66. The number of halogens is 1. The van der Waals surface area contributed by atoms with E-state index in [4.69, 9.17) is 10.3 Å². The van der Waals surface area contributed by atoms with Gasteiger partial charge >= 0.3 is 0 Å². The van der Waals surface area contributed by atoms with Crippen molar-refractivity contribution in [2.75, 3.05) is 0 Å². The summed E-state index contributed by atoms with van der Waals surface area (Å²) in [6.07, 6.45) is 0.842. The molecule has 0 saturated heterocycles. The molecule has 0 fully saturated rings. The molecule has 0 saturated carbocycles. The Hall–Kier alpha value is -1.75. The third-order valence-corrected chi connectivity index (χ3v) is 3.32. The van der Waals surface area contributed by atoms with Crippen molar-refractivity contribution in [1.82, 2.24) is 10.1 Å². The molecule has 2 rings (SSSR count). The maximum absolute atomic E-state index is 13.5. The molecule has 1 aromatic carbocycles. The molecule has 0 aliphatic carbocycles. The van der Waals surface area contributed by atoms with Crippen LogP contribution < -0.4 is 5.73 Å². The van der Waals surface area contributed by atoms with Gasteiger partial charge in [0.05, 0.1) is 0 Å². The van der Waals surface area contributed by atoms with Crippen LogP contribution >= 0.6 is 0 Å². The zero-order chi connectivity index (χ0) is 14.8. The first kappa shape index (κ1) is 14.7. The van der Waals surface area contributed by atoms with Crippen LogP contribution in [0.4, 0.5) is 4.39 Å². The summed E-state index contributed by atoms with van der Waals surface area (Å²) in [5.41, 5.74) is 6.61. The van der Waals surface area contributed by atoms with E-state index in [1.807, 2.05) is 0 Å². The van der Waals surface area contributed by atoms with Crippen molar-refractivity contribution >= 4 is 0 Å². The molecule has 0 bridgehead atoms. The number of aromatic nitrogens is 2. The molecule has 2 aromatic rings. The van der Waals surface area contributed by atoms with E-state index in [-0.39, 0.29) is 17.3 Å². The zero-order valence-electron chi connectivity index (χ0n) is 12.1. The predicted molar refractivity (Wildman–Crippen MR) is 74.6 cm³/mol. The summed E-state index contributed by atoms with van der Waals surface area (Å²) in [5, 5.41) is 3.88. The number of nitrogens with two attached hydrogens (primary N) is 1. The molecule has 1 unspecified atom stereocenters. The molecule has 1 atom stereocenters. The molecule has 0 spiro atoms. The van der Waals surface area contributed by atoms with E-state index in [0.717, 1.165) is 0 Å². The summed E-state index contributed by atoms with van der Waals surface area (Å²) >= 11 is 0. The van der Waals surface area contributed by atoms with E-state index in [1.54, 1.807) is 18.2 Å². The van der Waals surface area contributed by atoms with E-state index < -0.39 is 0 Å². The lowest BCUT2D eigenvalue weighted by Gasteiger charge is -2.25. The topological polar surface area (TPSA) is 64.9 Å². The summed E-state index contributed by atoms with van der Waals surface area (Å²) in [6, 6.07) is 6.51. The second kappa shape index (κ2) is 5.71. The Labute approximate surface area is 118 Å². The third-order valence-electron chi connectivity index (χ3n) is 3.32. The Balaban J connectivity index is 2.05. The normalized spacial score (nSPS) is 13.4. The predicted octanol–water partition coefficient (Wildman–Crippen LogP) is 2.72. The average Bonchev–Trinajstić information content (AvgIpc) is 2.78. The second-order valence-electron chi connectivity index (χ2n) is 6.05. The molecular weight excluding hydrogens is 257 g/mol. The molecule has 1 heterocycles. The smallest absolute Gasteiger partial charge is 0.228 e. The highest BCUT2D eigenvalue weighted by molar-refractivity contribution is 5.20. The molecule has 0 aliphatic rings. The minimum Gasteiger partial charge on any atom is -0.339 e. The molecule has 1 aromatic heterocycles. The van der Waals surface area contributed by atoms with Crippen LogP contribution in [0.3, 0.4) is 0 Å². The SMILES string of the molecule is CC(C)(C)C(N)Cc1nc(Cc2ccccc2F)no1. The van der Waals surface area contributed by atoms with Gasteiger partial charge in [0, 0.05) is 18.9 Å². The van der Waals surface area contributed by atoms with Gasteiger partial charge in [0.15, 0.2) is 5.82 Å².